The quantitative estimate of drug-likeness (QED) is 0.333. The molecule has 1 heterocycles. The van der Waals surface area contributed by atoms with E-state index in [9.17, 15) is 14.7 Å². The molecule has 1 fully saturated rings. The van der Waals surface area contributed by atoms with Gasteiger partial charge in [-0.25, -0.2) is 0 Å². The van der Waals surface area contributed by atoms with E-state index in [4.69, 9.17) is 44.3 Å². The van der Waals surface area contributed by atoms with E-state index in [-0.39, 0.29) is 32.7 Å². The Balaban J connectivity index is 2.29. The average molecular weight is 485 g/mol. The van der Waals surface area contributed by atoms with Crippen molar-refractivity contribution in [3.63, 3.8) is 0 Å². The van der Waals surface area contributed by atoms with E-state index in [1.807, 2.05) is 6.92 Å². The molecule has 6 nitrogen and oxygen atoms in total. The predicted octanol–water partition coefficient (Wildman–Crippen LogP) is 5.50. The van der Waals surface area contributed by atoms with Crippen LogP contribution in [0.3, 0.4) is 0 Å². The van der Waals surface area contributed by atoms with Crippen LogP contribution in [-0.2, 0) is 9.59 Å². The van der Waals surface area contributed by atoms with Gasteiger partial charge in [0, 0.05) is 12.6 Å². The molecule has 0 aliphatic carbocycles. The standard InChI is InChI=1S/C22H20Cl3NO5/c1-4-7-26-19(11-5-6-13(23)14(24)8-11)18(21(28)22(26)29)20(27)12-9-17(31-3)15(25)10-16(12)30-2/h5-6,8-10,19,27H,4,7H2,1-3H3/b20-18+. The van der Waals surface area contributed by atoms with Crippen LogP contribution in [0.4, 0.5) is 0 Å². The summed E-state index contributed by atoms with van der Waals surface area (Å²) in [5.41, 5.74) is 0.631. The topological polar surface area (TPSA) is 76.1 Å². The summed E-state index contributed by atoms with van der Waals surface area (Å²) in [7, 11) is 2.83. The van der Waals surface area contributed by atoms with E-state index in [0.29, 0.717) is 23.6 Å². The summed E-state index contributed by atoms with van der Waals surface area (Å²) in [6.07, 6.45) is 0.614. The first-order chi connectivity index (χ1) is 14.7. The number of benzene rings is 2. The molecule has 2 aromatic carbocycles. The van der Waals surface area contributed by atoms with E-state index in [1.165, 1.54) is 31.3 Å². The Hall–Kier alpha value is -2.41. The van der Waals surface area contributed by atoms with Crippen molar-refractivity contribution in [1.82, 2.24) is 4.90 Å². The molecule has 0 bridgehead atoms. The summed E-state index contributed by atoms with van der Waals surface area (Å²) in [5, 5.41) is 12.1. The normalized spacial score (nSPS) is 17.9. The summed E-state index contributed by atoms with van der Waals surface area (Å²) in [6.45, 7) is 2.20. The van der Waals surface area contributed by atoms with E-state index in [1.54, 1.807) is 18.2 Å². The van der Waals surface area contributed by atoms with Gasteiger partial charge in [-0.2, -0.15) is 0 Å². The molecule has 3 rings (SSSR count). The fourth-order valence-corrected chi connectivity index (χ4v) is 4.11. The summed E-state index contributed by atoms with van der Waals surface area (Å²) >= 11 is 18.4. The van der Waals surface area contributed by atoms with Gasteiger partial charge in [-0.15, -0.1) is 0 Å². The van der Waals surface area contributed by atoms with E-state index in [2.05, 4.69) is 0 Å². The number of amides is 1. The Labute approximate surface area is 194 Å². The minimum Gasteiger partial charge on any atom is -0.507 e. The predicted molar refractivity (Wildman–Crippen MR) is 120 cm³/mol. The Bertz CT molecular complexity index is 1080. The number of carbonyl (C=O) groups is 2. The summed E-state index contributed by atoms with van der Waals surface area (Å²) < 4.78 is 10.6. The van der Waals surface area contributed by atoms with Crippen LogP contribution in [0.5, 0.6) is 11.5 Å². The van der Waals surface area contributed by atoms with Crippen LogP contribution in [0.25, 0.3) is 5.76 Å². The molecule has 0 radical (unpaired) electrons. The smallest absolute Gasteiger partial charge is 0.295 e. The van der Waals surface area contributed by atoms with Crippen LogP contribution in [0.15, 0.2) is 35.9 Å². The van der Waals surface area contributed by atoms with Crippen molar-refractivity contribution in [2.75, 3.05) is 20.8 Å². The highest BCUT2D eigenvalue weighted by molar-refractivity contribution is 6.47. The molecule has 1 N–H and O–H groups in total. The number of nitrogens with zero attached hydrogens (tertiary/aromatic N) is 1. The highest BCUT2D eigenvalue weighted by Gasteiger charge is 2.46. The highest BCUT2D eigenvalue weighted by Crippen LogP contribution is 2.43. The molecular formula is C22H20Cl3NO5. The molecule has 164 valence electrons. The SMILES string of the molecule is CCCN1C(=O)C(=O)/C(=C(/O)c2cc(OC)c(Cl)cc2OC)C1c1ccc(Cl)c(Cl)c1. The van der Waals surface area contributed by atoms with Crippen molar-refractivity contribution >= 4 is 52.3 Å². The Kier molecular flexibility index (Phi) is 7.04. The summed E-state index contributed by atoms with van der Waals surface area (Å²) in [4.78, 5) is 27.2. The van der Waals surface area contributed by atoms with Gasteiger partial charge in [-0.05, 0) is 30.2 Å². The van der Waals surface area contributed by atoms with Crippen molar-refractivity contribution in [3.8, 4) is 11.5 Å². The molecule has 1 saturated heterocycles. The van der Waals surface area contributed by atoms with Crippen molar-refractivity contribution in [1.29, 1.82) is 0 Å². The fraction of sp³-hybridized carbons (Fsp3) is 0.273. The Morgan fingerprint density at radius 3 is 2.26 bits per heavy atom. The first-order valence-corrected chi connectivity index (χ1v) is 10.5. The first kappa shape index (κ1) is 23.3. The van der Waals surface area contributed by atoms with E-state index < -0.39 is 23.5 Å². The molecule has 31 heavy (non-hydrogen) atoms. The number of rotatable bonds is 6. The maximum atomic E-state index is 13.0. The second kappa shape index (κ2) is 9.39. The molecular weight excluding hydrogens is 465 g/mol. The average Bonchev–Trinajstić information content (AvgIpc) is 3.00. The number of hydrogen-bond acceptors (Lipinski definition) is 5. The lowest BCUT2D eigenvalue weighted by atomic mass is 9.95. The van der Waals surface area contributed by atoms with Gasteiger partial charge < -0.3 is 19.5 Å². The van der Waals surface area contributed by atoms with Crippen molar-refractivity contribution in [3.05, 3.63) is 62.1 Å². The number of Topliss-reactive ketones (excluding diaryl/α,β-unsaturated/α-hetero) is 1. The van der Waals surface area contributed by atoms with Gasteiger partial charge in [0.1, 0.15) is 17.3 Å². The summed E-state index contributed by atoms with van der Waals surface area (Å²) in [5.74, 6) is -1.42. The maximum absolute atomic E-state index is 13.0. The van der Waals surface area contributed by atoms with Crippen molar-refractivity contribution in [2.45, 2.75) is 19.4 Å². The lowest BCUT2D eigenvalue weighted by Crippen LogP contribution is -2.30. The number of hydrogen-bond donors (Lipinski definition) is 1. The van der Waals surface area contributed by atoms with Crippen molar-refractivity contribution in [2.24, 2.45) is 0 Å². The van der Waals surface area contributed by atoms with Gasteiger partial charge in [-0.1, -0.05) is 47.8 Å². The van der Waals surface area contributed by atoms with E-state index >= 15 is 0 Å². The molecule has 0 saturated carbocycles. The molecule has 1 aliphatic heterocycles. The number of likely N-dealkylation sites (tertiary alicyclic amines) is 1. The maximum Gasteiger partial charge on any atom is 0.295 e. The molecule has 1 unspecified atom stereocenters. The highest BCUT2D eigenvalue weighted by atomic mass is 35.5. The van der Waals surface area contributed by atoms with Crippen molar-refractivity contribution < 1.29 is 24.2 Å². The van der Waals surface area contributed by atoms with Crippen LogP contribution >= 0.6 is 34.8 Å². The third kappa shape index (κ3) is 4.20. The number of aliphatic hydroxyl groups excluding tert-OH is 1. The zero-order valence-corrected chi connectivity index (χ0v) is 19.3. The lowest BCUT2D eigenvalue weighted by molar-refractivity contribution is -0.139. The van der Waals surface area contributed by atoms with Crippen LogP contribution < -0.4 is 9.47 Å². The molecule has 9 heteroatoms. The van der Waals surface area contributed by atoms with Crippen LogP contribution in [0.1, 0.15) is 30.5 Å². The Morgan fingerprint density at radius 2 is 1.68 bits per heavy atom. The number of methoxy groups -OCH3 is 2. The zero-order chi connectivity index (χ0) is 22.9. The number of ether oxygens (including phenoxy) is 2. The van der Waals surface area contributed by atoms with Gasteiger partial charge >= 0.3 is 0 Å². The number of aliphatic hydroxyl groups is 1. The number of halogens is 3. The fourth-order valence-electron chi connectivity index (χ4n) is 3.57. The molecule has 1 atom stereocenters. The molecule has 0 spiro atoms. The second-order valence-corrected chi connectivity index (χ2v) is 8.07. The van der Waals surface area contributed by atoms with Gasteiger partial charge in [-0.3, -0.25) is 9.59 Å². The van der Waals surface area contributed by atoms with Crippen LogP contribution in [0.2, 0.25) is 15.1 Å². The van der Waals surface area contributed by atoms with Gasteiger partial charge in [0.05, 0.1) is 46.5 Å². The largest absolute Gasteiger partial charge is 0.507 e. The molecule has 2 aromatic rings. The van der Waals surface area contributed by atoms with Gasteiger partial charge in [0.2, 0.25) is 0 Å². The molecule has 1 amide bonds. The van der Waals surface area contributed by atoms with Crippen LogP contribution in [-0.4, -0.2) is 42.5 Å². The third-order valence-corrected chi connectivity index (χ3v) is 6.03. The lowest BCUT2D eigenvalue weighted by Gasteiger charge is -2.25. The number of ketones is 1. The van der Waals surface area contributed by atoms with E-state index in [0.717, 1.165) is 0 Å². The monoisotopic (exact) mass is 483 g/mol. The molecule has 1 aliphatic rings. The second-order valence-electron chi connectivity index (χ2n) is 6.85. The minimum atomic E-state index is -0.846. The van der Waals surface area contributed by atoms with Gasteiger partial charge in [0.25, 0.3) is 11.7 Å². The van der Waals surface area contributed by atoms with Gasteiger partial charge in [0.15, 0.2) is 0 Å². The first-order valence-electron chi connectivity index (χ1n) is 9.40. The molecule has 0 aromatic heterocycles. The number of carbonyl (C=O) groups excluding carboxylic acids is 2. The van der Waals surface area contributed by atoms with Crippen LogP contribution in [0, 0.1) is 0 Å². The summed E-state index contributed by atoms with van der Waals surface area (Å²) in [6, 6.07) is 6.90. The third-order valence-electron chi connectivity index (χ3n) is 4.99. The minimum absolute atomic E-state index is 0.0838. The zero-order valence-electron chi connectivity index (χ0n) is 17.0. The Morgan fingerprint density at radius 1 is 1.00 bits per heavy atom.